The van der Waals surface area contributed by atoms with Crippen molar-refractivity contribution in [2.24, 2.45) is 0 Å². The Hall–Kier alpha value is -3.58. The van der Waals surface area contributed by atoms with Gasteiger partial charge in [0.1, 0.15) is 0 Å². The van der Waals surface area contributed by atoms with Gasteiger partial charge in [-0.2, -0.15) is 4.98 Å². The number of nitrogens with zero attached hydrogens (tertiary/aromatic N) is 2. The maximum atomic E-state index is 13.1. The van der Waals surface area contributed by atoms with E-state index in [4.69, 9.17) is 9.26 Å². The van der Waals surface area contributed by atoms with Crippen LogP contribution in [0.25, 0.3) is 10.7 Å². The van der Waals surface area contributed by atoms with Crippen molar-refractivity contribution in [3.63, 3.8) is 0 Å². The van der Waals surface area contributed by atoms with Crippen LogP contribution >= 0.6 is 11.3 Å². The van der Waals surface area contributed by atoms with Crippen LogP contribution in [0, 0.1) is 13.8 Å². The Bertz CT molecular complexity index is 1210. The average molecular weight is 418 g/mol. The molecule has 4 aromatic rings. The first-order chi connectivity index (χ1) is 14.5. The molecule has 4 rings (SSSR count). The molecule has 7 heteroatoms. The number of rotatable bonds is 6. The summed E-state index contributed by atoms with van der Waals surface area (Å²) >= 11 is 1.49. The number of hydrogen-bond donors (Lipinski definition) is 0. The van der Waals surface area contributed by atoms with Crippen LogP contribution in [-0.4, -0.2) is 21.9 Å². The summed E-state index contributed by atoms with van der Waals surface area (Å²) in [5, 5.41) is 5.80. The van der Waals surface area contributed by atoms with E-state index in [1.165, 1.54) is 11.3 Å². The molecule has 0 aliphatic carbocycles. The number of aromatic nitrogens is 2. The molecule has 0 saturated heterocycles. The molecule has 30 heavy (non-hydrogen) atoms. The quantitative estimate of drug-likeness (QED) is 0.324. The monoisotopic (exact) mass is 418 g/mol. The van der Waals surface area contributed by atoms with Crippen LogP contribution in [-0.2, 0) is 11.3 Å². The van der Waals surface area contributed by atoms with Crippen molar-refractivity contribution in [1.29, 1.82) is 0 Å². The lowest BCUT2D eigenvalue weighted by Crippen LogP contribution is -2.13. The summed E-state index contributed by atoms with van der Waals surface area (Å²) in [6.07, 6.45) is 0. The average Bonchev–Trinajstić information content (AvgIpc) is 3.45. The van der Waals surface area contributed by atoms with Gasteiger partial charge in [-0.1, -0.05) is 47.1 Å². The van der Waals surface area contributed by atoms with Crippen molar-refractivity contribution >= 4 is 23.1 Å². The Kier molecular flexibility index (Phi) is 5.54. The highest BCUT2D eigenvalue weighted by Gasteiger charge is 2.21. The Morgan fingerprint density at radius 1 is 1.00 bits per heavy atom. The van der Waals surface area contributed by atoms with E-state index in [-0.39, 0.29) is 23.8 Å². The third-order valence-corrected chi connectivity index (χ3v) is 5.43. The Morgan fingerprint density at radius 2 is 1.80 bits per heavy atom. The number of ketones is 1. The zero-order valence-electron chi connectivity index (χ0n) is 16.4. The predicted molar refractivity (Wildman–Crippen MR) is 113 cm³/mol. The number of ether oxygens (including phenoxy) is 1. The molecule has 0 unspecified atom stereocenters. The molecule has 0 bridgehead atoms. The highest BCUT2D eigenvalue weighted by atomic mass is 32.1. The van der Waals surface area contributed by atoms with E-state index in [0.717, 1.165) is 16.0 Å². The van der Waals surface area contributed by atoms with Gasteiger partial charge < -0.3 is 9.26 Å². The van der Waals surface area contributed by atoms with Gasteiger partial charge in [-0.15, -0.1) is 11.3 Å². The molecule has 0 saturated carbocycles. The molecule has 6 nitrogen and oxygen atoms in total. The van der Waals surface area contributed by atoms with Gasteiger partial charge in [-0.05, 0) is 43.0 Å². The van der Waals surface area contributed by atoms with E-state index in [0.29, 0.717) is 17.0 Å². The molecular formula is C23H18N2O4S. The maximum absolute atomic E-state index is 13.1. The van der Waals surface area contributed by atoms with Gasteiger partial charge in [0.15, 0.2) is 12.4 Å². The number of carbonyl (C=O) groups excluding carboxylic acids is 2. The third kappa shape index (κ3) is 4.06. The topological polar surface area (TPSA) is 82.3 Å². The number of esters is 1. The van der Waals surface area contributed by atoms with Gasteiger partial charge in [0.05, 0.1) is 10.4 Å². The smallest absolute Gasteiger partial charge is 0.339 e. The zero-order valence-corrected chi connectivity index (χ0v) is 17.2. The van der Waals surface area contributed by atoms with Crippen LogP contribution in [0.4, 0.5) is 0 Å². The van der Waals surface area contributed by atoms with Gasteiger partial charge in [0.25, 0.3) is 5.89 Å². The van der Waals surface area contributed by atoms with Crippen LogP contribution in [0.2, 0.25) is 0 Å². The Balaban J connectivity index is 1.53. The summed E-state index contributed by atoms with van der Waals surface area (Å²) in [5.41, 5.74) is 2.87. The van der Waals surface area contributed by atoms with Crippen molar-refractivity contribution in [3.8, 4) is 10.7 Å². The van der Waals surface area contributed by atoms with Crippen molar-refractivity contribution < 1.29 is 18.8 Å². The second kappa shape index (κ2) is 8.42. The van der Waals surface area contributed by atoms with E-state index in [9.17, 15) is 9.59 Å². The minimum absolute atomic E-state index is 0.177. The zero-order chi connectivity index (χ0) is 21.1. The van der Waals surface area contributed by atoms with Gasteiger partial charge in [-0.3, -0.25) is 4.79 Å². The largest absolute Gasteiger partial charge is 0.452 e. The summed E-state index contributed by atoms with van der Waals surface area (Å²) in [6, 6.07) is 16.0. The van der Waals surface area contributed by atoms with Crippen molar-refractivity contribution in [2.75, 3.05) is 0 Å². The molecule has 0 aliphatic heterocycles. The molecule has 150 valence electrons. The first-order valence-corrected chi connectivity index (χ1v) is 10.2. The van der Waals surface area contributed by atoms with Crippen LogP contribution in [0.5, 0.6) is 0 Å². The van der Waals surface area contributed by atoms with Gasteiger partial charge >= 0.3 is 5.97 Å². The molecule has 0 radical (unpaired) electrons. The summed E-state index contributed by atoms with van der Waals surface area (Å²) in [4.78, 5) is 30.9. The number of carbonyl (C=O) groups is 2. The van der Waals surface area contributed by atoms with Crippen molar-refractivity contribution in [3.05, 3.63) is 93.7 Å². The van der Waals surface area contributed by atoms with Gasteiger partial charge in [-0.25, -0.2) is 4.79 Å². The van der Waals surface area contributed by atoms with E-state index >= 15 is 0 Å². The maximum Gasteiger partial charge on any atom is 0.339 e. The van der Waals surface area contributed by atoms with E-state index in [1.54, 1.807) is 24.3 Å². The summed E-state index contributed by atoms with van der Waals surface area (Å²) in [7, 11) is 0. The molecule has 0 fully saturated rings. The highest BCUT2D eigenvalue weighted by Crippen LogP contribution is 2.22. The Morgan fingerprint density at radius 3 is 2.57 bits per heavy atom. The lowest BCUT2D eigenvalue weighted by molar-refractivity contribution is 0.0427. The summed E-state index contributed by atoms with van der Waals surface area (Å²) in [5.74, 6) is -0.215. The van der Waals surface area contributed by atoms with Gasteiger partial charge in [0, 0.05) is 11.1 Å². The van der Waals surface area contributed by atoms with E-state index in [2.05, 4.69) is 10.1 Å². The fourth-order valence-corrected chi connectivity index (χ4v) is 3.66. The number of thiophene rings is 1. The molecule has 0 spiro atoms. The minimum Gasteiger partial charge on any atom is -0.452 e. The van der Waals surface area contributed by atoms with Crippen molar-refractivity contribution in [2.45, 2.75) is 20.5 Å². The molecule has 2 aromatic carbocycles. The molecule has 0 N–H and O–H groups in total. The lowest BCUT2D eigenvalue weighted by Gasteiger charge is -2.10. The van der Waals surface area contributed by atoms with E-state index < -0.39 is 5.97 Å². The van der Waals surface area contributed by atoms with Crippen LogP contribution in [0.15, 0.2) is 64.5 Å². The van der Waals surface area contributed by atoms with Crippen LogP contribution in [0.3, 0.4) is 0 Å². The summed E-state index contributed by atoms with van der Waals surface area (Å²) < 4.78 is 10.5. The standard InChI is InChI=1S/C23H18N2O4S/c1-14-9-10-15(2)18(12-14)21(26)16-6-3-4-7-17(16)23(27)28-13-20-24-22(25-29-20)19-8-5-11-30-19/h3-12H,13H2,1-2H3. The fraction of sp³-hybridized carbons (Fsp3) is 0.130. The molecule has 0 atom stereocenters. The number of aryl methyl sites for hydroxylation is 2. The van der Waals surface area contributed by atoms with Crippen LogP contribution in [0.1, 0.15) is 43.3 Å². The van der Waals surface area contributed by atoms with Gasteiger partial charge in [0.2, 0.25) is 5.82 Å². The van der Waals surface area contributed by atoms with Crippen LogP contribution < -0.4 is 0 Å². The fourth-order valence-electron chi connectivity index (χ4n) is 3.01. The van der Waals surface area contributed by atoms with E-state index in [1.807, 2.05) is 49.6 Å². The SMILES string of the molecule is Cc1ccc(C)c(C(=O)c2ccccc2C(=O)OCc2nc(-c3cccs3)no2)c1. The predicted octanol–water partition coefficient (Wildman–Crippen LogP) is 5.00. The Labute approximate surface area is 177 Å². The molecule has 2 heterocycles. The van der Waals surface area contributed by atoms with Crippen molar-refractivity contribution in [1.82, 2.24) is 10.1 Å². The normalized spacial score (nSPS) is 10.7. The third-order valence-electron chi connectivity index (χ3n) is 4.57. The number of hydrogen-bond acceptors (Lipinski definition) is 7. The summed E-state index contributed by atoms with van der Waals surface area (Å²) in [6.45, 7) is 3.61. The first kappa shape index (κ1) is 19.7. The second-order valence-corrected chi connectivity index (χ2v) is 7.71. The lowest BCUT2D eigenvalue weighted by atomic mass is 9.94. The number of benzene rings is 2. The molecule has 0 aliphatic rings. The molecule has 0 amide bonds. The second-order valence-electron chi connectivity index (χ2n) is 6.76. The molecule has 2 aromatic heterocycles. The molecular weight excluding hydrogens is 400 g/mol. The minimum atomic E-state index is -0.625. The first-order valence-electron chi connectivity index (χ1n) is 9.27. The highest BCUT2D eigenvalue weighted by molar-refractivity contribution is 7.13.